The number of hydrogen-bond acceptors (Lipinski definition) is 3. The number of benzene rings is 2. The zero-order chi connectivity index (χ0) is 20.1. The zero-order valence-corrected chi connectivity index (χ0v) is 16.2. The van der Waals surface area contributed by atoms with Crippen LogP contribution < -0.4 is 9.47 Å². The number of para-hydroxylation sites is 1. The fourth-order valence-electron chi connectivity index (χ4n) is 3.56. The van der Waals surface area contributed by atoms with Crippen LogP contribution >= 0.6 is 0 Å². The van der Waals surface area contributed by atoms with E-state index in [1.807, 2.05) is 36.4 Å². The molecule has 28 heavy (non-hydrogen) atoms. The molecule has 1 aliphatic heterocycles. The van der Waals surface area contributed by atoms with Gasteiger partial charge in [0.05, 0.1) is 13.7 Å². The van der Waals surface area contributed by atoms with E-state index in [-0.39, 0.29) is 17.9 Å². The normalized spacial score (nSPS) is 18.8. The largest absolute Gasteiger partial charge is 0.496 e. The van der Waals surface area contributed by atoms with Crippen LogP contribution in [0.5, 0.6) is 11.5 Å². The highest BCUT2D eigenvalue weighted by Crippen LogP contribution is 2.36. The second kappa shape index (κ2) is 8.62. The third kappa shape index (κ3) is 4.17. The maximum Gasteiger partial charge on any atom is 0.245 e. The Hall–Kier alpha value is -3.26. The Labute approximate surface area is 166 Å². The second-order valence-electron chi connectivity index (χ2n) is 6.94. The first-order valence-corrected chi connectivity index (χ1v) is 9.29. The summed E-state index contributed by atoms with van der Waals surface area (Å²) in [4.78, 5) is 17.2. The standard InChI is InChI=1S/C23H24N2O3/c1-5-23(26)25-11-10-21(16(2)15-25)28-19-13-17(12-18(14-19)24-3)20-8-6-7-9-22(20)27-4/h5-9,12-14,16,21H,1,10-11,15H2,2,4H3. The van der Waals surface area contributed by atoms with Gasteiger partial charge in [-0.05, 0) is 35.9 Å². The van der Waals surface area contributed by atoms with Crippen molar-refractivity contribution >= 4 is 11.6 Å². The Morgan fingerprint density at radius 1 is 1.32 bits per heavy atom. The molecule has 2 atom stereocenters. The van der Waals surface area contributed by atoms with Crippen LogP contribution in [-0.2, 0) is 4.79 Å². The fourth-order valence-corrected chi connectivity index (χ4v) is 3.56. The van der Waals surface area contributed by atoms with Crippen molar-refractivity contribution < 1.29 is 14.3 Å². The van der Waals surface area contributed by atoms with Crippen molar-refractivity contribution in [3.63, 3.8) is 0 Å². The van der Waals surface area contributed by atoms with E-state index >= 15 is 0 Å². The number of rotatable bonds is 5. The molecule has 1 saturated heterocycles. The number of likely N-dealkylation sites (tertiary alicyclic amines) is 1. The molecule has 2 aromatic carbocycles. The summed E-state index contributed by atoms with van der Waals surface area (Å²) in [7, 11) is 1.63. The highest BCUT2D eigenvalue weighted by Gasteiger charge is 2.29. The molecule has 5 nitrogen and oxygen atoms in total. The van der Waals surface area contributed by atoms with Crippen molar-refractivity contribution in [1.82, 2.24) is 4.90 Å². The van der Waals surface area contributed by atoms with Crippen molar-refractivity contribution in [3.05, 3.63) is 66.5 Å². The Morgan fingerprint density at radius 3 is 2.79 bits per heavy atom. The first kappa shape index (κ1) is 19.5. The van der Waals surface area contributed by atoms with Gasteiger partial charge in [0.2, 0.25) is 5.91 Å². The minimum atomic E-state index is -0.0428. The van der Waals surface area contributed by atoms with Gasteiger partial charge < -0.3 is 14.4 Å². The lowest BCUT2D eigenvalue weighted by molar-refractivity contribution is -0.129. The molecule has 1 aliphatic rings. The van der Waals surface area contributed by atoms with Crippen LogP contribution in [-0.4, -0.2) is 37.1 Å². The van der Waals surface area contributed by atoms with E-state index in [0.717, 1.165) is 23.3 Å². The summed E-state index contributed by atoms with van der Waals surface area (Å²) in [6.45, 7) is 14.3. The average Bonchev–Trinajstić information content (AvgIpc) is 2.74. The Kier molecular flexibility index (Phi) is 6.00. The van der Waals surface area contributed by atoms with E-state index in [1.54, 1.807) is 18.1 Å². The van der Waals surface area contributed by atoms with Crippen molar-refractivity contribution in [2.24, 2.45) is 5.92 Å². The van der Waals surface area contributed by atoms with Crippen molar-refractivity contribution in [2.45, 2.75) is 19.4 Å². The Morgan fingerprint density at radius 2 is 2.11 bits per heavy atom. The summed E-state index contributed by atoms with van der Waals surface area (Å²) >= 11 is 0. The molecule has 0 aromatic heterocycles. The van der Waals surface area contributed by atoms with Gasteiger partial charge in [-0.15, -0.1) is 0 Å². The summed E-state index contributed by atoms with van der Waals surface area (Å²) < 4.78 is 11.7. The van der Waals surface area contributed by atoms with Gasteiger partial charge in [0, 0.05) is 31.0 Å². The molecule has 0 radical (unpaired) electrons. The number of piperidine rings is 1. The maximum atomic E-state index is 11.8. The number of ether oxygens (including phenoxy) is 2. The van der Waals surface area contributed by atoms with Crippen molar-refractivity contribution in [2.75, 3.05) is 20.2 Å². The number of carbonyl (C=O) groups excluding carboxylic acids is 1. The number of carbonyl (C=O) groups is 1. The third-order valence-corrected chi connectivity index (χ3v) is 5.04. The van der Waals surface area contributed by atoms with Gasteiger partial charge in [0.25, 0.3) is 0 Å². The fraction of sp³-hybridized carbons (Fsp3) is 0.304. The van der Waals surface area contributed by atoms with Gasteiger partial charge in [-0.25, -0.2) is 4.85 Å². The van der Waals surface area contributed by atoms with Crippen LogP contribution in [0.25, 0.3) is 16.0 Å². The summed E-state index contributed by atoms with van der Waals surface area (Å²) in [6.07, 6.45) is 2.08. The molecular formula is C23H24N2O3. The molecule has 5 heteroatoms. The number of hydrogen-bond donors (Lipinski definition) is 0. The zero-order valence-electron chi connectivity index (χ0n) is 16.2. The van der Waals surface area contributed by atoms with Gasteiger partial charge in [0.1, 0.15) is 17.6 Å². The molecule has 1 fully saturated rings. The smallest absolute Gasteiger partial charge is 0.245 e. The number of methoxy groups -OCH3 is 1. The summed E-state index contributed by atoms with van der Waals surface area (Å²) in [6, 6.07) is 13.3. The van der Waals surface area contributed by atoms with Gasteiger partial charge in [0.15, 0.2) is 5.69 Å². The Bertz CT molecular complexity index is 916. The predicted octanol–water partition coefficient (Wildman–Crippen LogP) is 4.71. The van der Waals surface area contributed by atoms with Crippen LogP contribution in [0.3, 0.4) is 0 Å². The van der Waals surface area contributed by atoms with Crippen molar-refractivity contribution in [1.29, 1.82) is 0 Å². The highest BCUT2D eigenvalue weighted by molar-refractivity contribution is 5.87. The van der Waals surface area contributed by atoms with Crippen LogP contribution in [0.1, 0.15) is 13.3 Å². The Balaban J connectivity index is 1.84. The van der Waals surface area contributed by atoms with Gasteiger partial charge in [-0.3, -0.25) is 4.79 Å². The predicted molar refractivity (Wildman–Crippen MR) is 110 cm³/mol. The van der Waals surface area contributed by atoms with E-state index < -0.39 is 0 Å². The first-order chi connectivity index (χ1) is 13.5. The van der Waals surface area contributed by atoms with E-state index in [9.17, 15) is 4.79 Å². The summed E-state index contributed by atoms with van der Waals surface area (Å²) in [5.74, 6) is 1.55. The average molecular weight is 376 g/mol. The summed E-state index contributed by atoms with van der Waals surface area (Å²) in [5, 5.41) is 0. The lowest BCUT2D eigenvalue weighted by atomic mass is 9.96. The number of amides is 1. The first-order valence-electron chi connectivity index (χ1n) is 9.29. The van der Waals surface area contributed by atoms with Crippen molar-refractivity contribution in [3.8, 4) is 22.6 Å². The molecule has 1 heterocycles. The summed E-state index contributed by atoms with van der Waals surface area (Å²) in [5.41, 5.74) is 2.32. The van der Waals surface area contributed by atoms with E-state index in [4.69, 9.17) is 16.0 Å². The lowest BCUT2D eigenvalue weighted by Crippen LogP contribution is -2.46. The molecule has 3 rings (SSSR count). The highest BCUT2D eigenvalue weighted by atomic mass is 16.5. The molecule has 0 N–H and O–H groups in total. The molecule has 2 unspecified atom stereocenters. The van der Waals surface area contributed by atoms with Gasteiger partial charge in [-0.1, -0.05) is 31.7 Å². The van der Waals surface area contributed by atoms with E-state index in [0.29, 0.717) is 24.5 Å². The van der Waals surface area contributed by atoms with Gasteiger partial charge >= 0.3 is 0 Å². The molecule has 0 saturated carbocycles. The topological polar surface area (TPSA) is 43.1 Å². The minimum absolute atomic E-state index is 0.0135. The van der Waals surface area contributed by atoms with Crippen LogP contribution in [0, 0.1) is 12.5 Å². The molecule has 0 spiro atoms. The molecule has 144 valence electrons. The molecule has 0 aliphatic carbocycles. The molecule has 1 amide bonds. The van der Waals surface area contributed by atoms with E-state index in [1.165, 1.54) is 6.08 Å². The SMILES string of the molecule is [C-]#[N+]c1cc(OC2CCN(C(=O)C=C)CC2C)cc(-c2ccccc2OC)c1. The quantitative estimate of drug-likeness (QED) is 0.560. The molecular weight excluding hydrogens is 352 g/mol. The van der Waals surface area contributed by atoms with Crippen LogP contribution in [0.15, 0.2) is 55.1 Å². The second-order valence-corrected chi connectivity index (χ2v) is 6.94. The lowest BCUT2D eigenvalue weighted by Gasteiger charge is -2.36. The number of nitrogens with zero attached hydrogens (tertiary/aromatic N) is 2. The van der Waals surface area contributed by atoms with Crippen LogP contribution in [0.4, 0.5) is 5.69 Å². The maximum absolute atomic E-state index is 11.8. The van der Waals surface area contributed by atoms with E-state index in [2.05, 4.69) is 18.3 Å². The van der Waals surface area contributed by atoms with Gasteiger partial charge in [-0.2, -0.15) is 0 Å². The monoisotopic (exact) mass is 376 g/mol. The minimum Gasteiger partial charge on any atom is -0.496 e. The van der Waals surface area contributed by atoms with Crippen LogP contribution in [0.2, 0.25) is 0 Å². The molecule has 2 aromatic rings. The third-order valence-electron chi connectivity index (χ3n) is 5.04. The molecule has 0 bridgehead atoms.